The molecule has 0 aliphatic rings. The van der Waals surface area contributed by atoms with Crippen molar-refractivity contribution in [1.82, 2.24) is 21.2 Å². The van der Waals surface area contributed by atoms with Gasteiger partial charge >= 0.3 is 0 Å². The van der Waals surface area contributed by atoms with Crippen LogP contribution in [0.3, 0.4) is 0 Å². The van der Waals surface area contributed by atoms with Gasteiger partial charge in [-0.1, -0.05) is 66.7 Å². The molecule has 3 aromatic carbocycles. The Hall–Kier alpha value is -4.26. The van der Waals surface area contributed by atoms with E-state index in [0.717, 1.165) is 21.7 Å². The Morgan fingerprint density at radius 3 is 2.32 bits per heavy atom. The van der Waals surface area contributed by atoms with E-state index >= 15 is 0 Å². The fourth-order valence-corrected chi connectivity index (χ4v) is 3.29. The second kappa shape index (κ2) is 9.04. The Morgan fingerprint density at radius 1 is 0.710 bits per heavy atom. The second-order valence-corrected chi connectivity index (χ2v) is 6.98. The predicted molar refractivity (Wildman–Crippen MR) is 118 cm³/mol. The van der Waals surface area contributed by atoms with Crippen LogP contribution >= 0.6 is 0 Å². The minimum atomic E-state index is -0.541. The number of rotatable bonds is 5. The van der Waals surface area contributed by atoms with Gasteiger partial charge in [-0.3, -0.25) is 25.2 Å². The smallest absolute Gasteiger partial charge is 0.288 e. The van der Waals surface area contributed by atoms with Gasteiger partial charge in [0.25, 0.3) is 11.8 Å². The van der Waals surface area contributed by atoms with Crippen molar-refractivity contribution in [3.8, 4) is 0 Å². The first-order valence-corrected chi connectivity index (χ1v) is 9.78. The summed E-state index contributed by atoms with van der Waals surface area (Å²) in [5.74, 6) is -1.37. The lowest BCUT2D eigenvalue weighted by molar-refractivity contribution is -0.126. The molecule has 4 rings (SSSR count). The highest BCUT2D eigenvalue weighted by molar-refractivity contribution is 5.96. The molecule has 0 spiro atoms. The van der Waals surface area contributed by atoms with E-state index in [4.69, 9.17) is 0 Å². The molecule has 0 unspecified atom stereocenters. The third-order valence-electron chi connectivity index (χ3n) is 4.82. The number of aromatic nitrogens is 1. The van der Waals surface area contributed by atoms with Gasteiger partial charge in [0.15, 0.2) is 0 Å². The maximum absolute atomic E-state index is 12.3. The van der Waals surface area contributed by atoms with Crippen LogP contribution in [0.15, 0.2) is 78.9 Å². The number of carbonyl (C=O) groups is 3. The summed E-state index contributed by atoms with van der Waals surface area (Å²) in [5, 5.41) is 5.53. The summed E-state index contributed by atoms with van der Waals surface area (Å²) in [6, 6.07) is 24.4. The number of pyridine rings is 1. The predicted octanol–water partition coefficient (Wildman–Crippen LogP) is 2.51. The SMILES string of the molecule is O=C(Cc1cccc2ccccc12)NCC(=O)NNC(=O)c1ccc2ccccc2n1. The number of hydrazine groups is 1. The van der Waals surface area contributed by atoms with Crippen molar-refractivity contribution in [2.45, 2.75) is 6.42 Å². The average Bonchev–Trinajstić information content (AvgIpc) is 2.81. The Kier molecular flexibility index (Phi) is 5.84. The number of hydrogen-bond donors (Lipinski definition) is 3. The molecule has 0 fully saturated rings. The van der Waals surface area contributed by atoms with Gasteiger partial charge in [0, 0.05) is 5.39 Å². The minimum absolute atomic E-state index is 0.155. The number of benzene rings is 3. The molecule has 0 aliphatic heterocycles. The maximum atomic E-state index is 12.3. The average molecular weight is 412 g/mol. The van der Waals surface area contributed by atoms with Crippen LogP contribution in [0.5, 0.6) is 0 Å². The van der Waals surface area contributed by atoms with Crippen molar-refractivity contribution in [2.24, 2.45) is 0 Å². The van der Waals surface area contributed by atoms with E-state index in [2.05, 4.69) is 21.2 Å². The Morgan fingerprint density at radius 2 is 1.45 bits per heavy atom. The molecule has 0 radical (unpaired) electrons. The van der Waals surface area contributed by atoms with E-state index in [9.17, 15) is 14.4 Å². The Bertz CT molecular complexity index is 1280. The van der Waals surface area contributed by atoms with Crippen LogP contribution in [0.4, 0.5) is 0 Å². The fourth-order valence-electron chi connectivity index (χ4n) is 3.29. The summed E-state index contributed by atoms with van der Waals surface area (Å²) in [5.41, 5.74) is 6.34. The van der Waals surface area contributed by atoms with Crippen LogP contribution in [0.1, 0.15) is 16.1 Å². The summed E-state index contributed by atoms with van der Waals surface area (Å²) < 4.78 is 0. The number of para-hydroxylation sites is 1. The molecular formula is C24H20N4O3. The zero-order chi connectivity index (χ0) is 21.6. The number of fused-ring (bicyclic) bond motifs is 2. The molecule has 0 saturated heterocycles. The highest BCUT2D eigenvalue weighted by atomic mass is 16.2. The van der Waals surface area contributed by atoms with Gasteiger partial charge in [0.2, 0.25) is 5.91 Å². The van der Waals surface area contributed by atoms with Crippen molar-refractivity contribution < 1.29 is 14.4 Å². The molecule has 0 aliphatic carbocycles. The Balaban J connectivity index is 1.27. The third kappa shape index (κ3) is 4.84. The second-order valence-electron chi connectivity index (χ2n) is 6.98. The number of nitrogens with one attached hydrogen (secondary N) is 3. The van der Waals surface area contributed by atoms with Crippen molar-refractivity contribution in [1.29, 1.82) is 0 Å². The van der Waals surface area contributed by atoms with E-state index < -0.39 is 11.8 Å². The molecule has 7 heteroatoms. The highest BCUT2D eigenvalue weighted by Gasteiger charge is 2.11. The van der Waals surface area contributed by atoms with Crippen LogP contribution in [-0.2, 0) is 16.0 Å². The standard InChI is InChI=1S/C24H20N4O3/c29-22(14-18-9-5-8-16-6-1-3-10-19(16)18)25-15-23(30)27-28-24(31)21-13-12-17-7-2-4-11-20(17)26-21/h1-13H,14-15H2,(H,25,29)(H,27,30)(H,28,31). The van der Waals surface area contributed by atoms with Gasteiger partial charge in [-0.05, 0) is 28.5 Å². The highest BCUT2D eigenvalue weighted by Crippen LogP contribution is 2.18. The molecule has 3 amide bonds. The van der Waals surface area contributed by atoms with E-state index in [-0.39, 0.29) is 24.6 Å². The van der Waals surface area contributed by atoms with Crippen LogP contribution in [-0.4, -0.2) is 29.3 Å². The number of carbonyl (C=O) groups excluding carboxylic acids is 3. The van der Waals surface area contributed by atoms with Crippen molar-refractivity contribution in [3.63, 3.8) is 0 Å². The zero-order valence-corrected chi connectivity index (χ0v) is 16.6. The number of nitrogens with zero attached hydrogens (tertiary/aromatic N) is 1. The molecular weight excluding hydrogens is 392 g/mol. The van der Waals surface area contributed by atoms with E-state index in [1.807, 2.05) is 60.7 Å². The van der Waals surface area contributed by atoms with Crippen LogP contribution < -0.4 is 16.2 Å². The van der Waals surface area contributed by atoms with Gasteiger partial charge < -0.3 is 5.32 Å². The normalized spacial score (nSPS) is 10.6. The molecule has 3 N–H and O–H groups in total. The molecule has 0 saturated carbocycles. The molecule has 0 bridgehead atoms. The summed E-state index contributed by atoms with van der Waals surface area (Å²) in [6.45, 7) is -0.255. The number of amides is 3. The van der Waals surface area contributed by atoms with Gasteiger partial charge in [-0.15, -0.1) is 0 Å². The molecule has 0 atom stereocenters. The first-order chi connectivity index (χ1) is 15.1. The van der Waals surface area contributed by atoms with Crippen molar-refractivity contribution in [3.05, 3.63) is 90.1 Å². The van der Waals surface area contributed by atoms with Crippen molar-refractivity contribution in [2.75, 3.05) is 6.54 Å². The first kappa shape index (κ1) is 20.0. The van der Waals surface area contributed by atoms with Crippen molar-refractivity contribution >= 4 is 39.4 Å². The van der Waals surface area contributed by atoms with Gasteiger partial charge in [-0.25, -0.2) is 4.98 Å². The van der Waals surface area contributed by atoms with E-state index in [1.54, 1.807) is 18.2 Å². The van der Waals surface area contributed by atoms with Gasteiger partial charge in [0.05, 0.1) is 18.5 Å². The molecule has 4 aromatic rings. The fraction of sp³-hybridized carbons (Fsp3) is 0.0833. The maximum Gasteiger partial charge on any atom is 0.288 e. The Labute approximate surface area is 178 Å². The van der Waals surface area contributed by atoms with Gasteiger partial charge in [-0.2, -0.15) is 0 Å². The molecule has 1 heterocycles. The molecule has 7 nitrogen and oxygen atoms in total. The first-order valence-electron chi connectivity index (χ1n) is 9.78. The van der Waals surface area contributed by atoms with Gasteiger partial charge in [0.1, 0.15) is 5.69 Å². The van der Waals surface area contributed by atoms with Crippen LogP contribution in [0, 0.1) is 0 Å². The summed E-state index contributed by atoms with van der Waals surface area (Å²) >= 11 is 0. The van der Waals surface area contributed by atoms with E-state index in [1.165, 1.54) is 0 Å². The summed E-state index contributed by atoms with van der Waals surface area (Å²) in [7, 11) is 0. The molecule has 154 valence electrons. The minimum Gasteiger partial charge on any atom is -0.347 e. The largest absolute Gasteiger partial charge is 0.347 e. The quantitative estimate of drug-likeness (QED) is 0.439. The summed E-state index contributed by atoms with van der Waals surface area (Å²) in [6.07, 6.45) is 0.155. The number of hydrogen-bond acceptors (Lipinski definition) is 4. The molecule has 1 aromatic heterocycles. The lowest BCUT2D eigenvalue weighted by atomic mass is 10.0. The third-order valence-corrected chi connectivity index (χ3v) is 4.82. The molecule has 31 heavy (non-hydrogen) atoms. The topological polar surface area (TPSA) is 100 Å². The lowest BCUT2D eigenvalue weighted by Crippen LogP contribution is -2.46. The zero-order valence-electron chi connectivity index (χ0n) is 16.6. The monoisotopic (exact) mass is 412 g/mol. The van der Waals surface area contributed by atoms with E-state index in [0.29, 0.717) is 5.52 Å². The van der Waals surface area contributed by atoms with Crippen LogP contribution in [0.2, 0.25) is 0 Å². The van der Waals surface area contributed by atoms with Crippen LogP contribution in [0.25, 0.3) is 21.7 Å². The summed E-state index contributed by atoms with van der Waals surface area (Å²) in [4.78, 5) is 40.7. The lowest BCUT2D eigenvalue weighted by Gasteiger charge is -2.09.